The Morgan fingerprint density at radius 3 is 2.29 bits per heavy atom. The van der Waals surface area contributed by atoms with Gasteiger partial charge in [0.1, 0.15) is 0 Å². The molecule has 0 saturated carbocycles. The van der Waals surface area contributed by atoms with Gasteiger partial charge in [-0.15, -0.1) is 0 Å². The minimum Gasteiger partial charge on any atom is -0.324 e. The van der Waals surface area contributed by atoms with Crippen molar-refractivity contribution in [2.45, 2.75) is 19.1 Å². The van der Waals surface area contributed by atoms with E-state index in [9.17, 15) is 18.0 Å². The Morgan fingerprint density at radius 1 is 0.893 bits per heavy atom. The SMILES string of the molecule is O=C(CN1CCCN(Cc2ccccc2)CC1)Nc1ccccc1C(F)(F)F. The van der Waals surface area contributed by atoms with E-state index < -0.39 is 17.6 Å². The summed E-state index contributed by atoms with van der Waals surface area (Å²) in [5.41, 5.74) is 0.228. The van der Waals surface area contributed by atoms with Gasteiger partial charge in [0.25, 0.3) is 0 Å². The average molecular weight is 391 g/mol. The number of nitrogens with zero attached hydrogens (tertiary/aromatic N) is 2. The monoisotopic (exact) mass is 391 g/mol. The molecule has 1 aliphatic heterocycles. The molecule has 0 spiro atoms. The number of alkyl halides is 3. The molecule has 1 saturated heterocycles. The molecule has 7 heteroatoms. The third-order valence-electron chi connectivity index (χ3n) is 4.80. The molecule has 0 atom stereocenters. The second-order valence-electron chi connectivity index (χ2n) is 6.98. The molecule has 3 rings (SSSR count). The molecular formula is C21H24F3N3O. The van der Waals surface area contributed by atoms with Crippen LogP contribution in [0.25, 0.3) is 0 Å². The van der Waals surface area contributed by atoms with Gasteiger partial charge in [-0.1, -0.05) is 42.5 Å². The van der Waals surface area contributed by atoms with Gasteiger partial charge in [-0.25, -0.2) is 0 Å². The number of carbonyl (C=O) groups excluding carboxylic acids is 1. The van der Waals surface area contributed by atoms with Crippen LogP contribution in [0.4, 0.5) is 18.9 Å². The number of carbonyl (C=O) groups is 1. The zero-order valence-corrected chi connectivity index (χ0v) is 15.6. The predicted molar refractivity (Wildman–Crippen MR) is 103 cm³/mol. The van der Waals surface area contributed by atoms with Gasteiger partial charge in [0.15, 0.2) is 0 Å². The number of benzene rings is 2. The van der Waals surface area contributed by atoms with E-state index in [2.05, 4.69) is 22.3 Å². The number of anilines is 1. The smallest absolute Gasteiger partial charge is 0.324 e. The van der Waals surface area contributed by atoms with Crippen molar-refractivity contribution >= 4 is 11.6 Å². The van der Waals surface area contributed by atoms with Gasteiger partial charge in [-0.2, -0.15) is 13.2 Å². The number of hydrogen-bond acceptors (Lipinski definition) is 3. The van der Waals surface area contributed by atoms with Gasteiger partial charge in [-0.3, -0.25) is 14.6 Å². The van der Waals surface area contributed by atoms with Crippen LogP contribution in [0.5, 0.6) is 0 Å². The van der Waals surface area contributed by atoms with E-state index in [0.29, 0.717) is 6.54 Å². The summed E-state index contributed by atoms with van der Waals surface area (Å²) in [5.74, 6) is -0.423. The molecular weight excluding hydrogens is 367 g/mol. The second-order valence-corrected chi connectivity index (χ2v) is 6.98. The quantitative estimate of drug-likeness (QED) is 0.841. The largest absolute Gasteiger partial charge is 0.418 e. The molecule has 0 radical (unpaired) electrons. The van der Waals surface area contributed by atoms with E-state index in [4.69, 9.17) is 0 Å². The standard InChI is InChI=1S/C21H24F3N3O/c22-21(23,24)18-9-4-5-10-19(18)25-20(28)16-27-12-6-11-26(13-14-27)15-17-7-2-1-3-8-17/h1-5,7-10H,6,11-16H2,(H,25,28). The van der Waals surface area contributed by atoms with E-state index >= 15 is 0 Å². The van der Waals surface area contributed by atoms with Crippen molar-refractivity contribution in [2.75, 3.05) is 38.0 Å². The molecule has 0 aromatic heterocycles. The number of hydrogen-bond donors (Lipinski definition) is 1. The fourth-order valence-corrected chi connectivity index (χ4v) is 3.41. The Bertz CT molecular complexity index is 780. The van der Waals surface area contributed by atoms with Crippen molar-refractivity contribution in [3.05, 3.63) is 65.7 Å². The summed E-state index contributed by atoms with van der Waals surface area (Å²) in [4.78, 5) is 16.6. The number of para-hydroxylation sites is 1. The fraction of sp³-hybridized carbons (Fsp3) is 0.381. The molecule has 2 aromatic rings. The van der Waals surface area contributed by atoms with E-state index in [0.717, 1.165) is 38.7 Å². The van der Waals surface area contributed by atoms with Crippen LogP contribution < -0.4 is 5.32 Å². The van der Waals surface area contributed by atoms with Gasteiger partial charge in [0.2, 0.25) is 5.91 Å². The summed E-state index contributed by atoms with van der Waals surface area (Å²) < 4.78 is 39.2. The van der Waals surface area contributed by atoms with Crippen LogP contribution >= 0.6 is 0 Å². The third-order valence-corrected chi connectivity index (χ3v) is 4.80. The molecule has 0 bridgehead atoms. The molecule has 150 valence electrons. The second kappa shape index (κ2) is 9.21. The Morgan fingerprint density at radius 2 is 1.54 bits per heavy atom. The lowest BCUT2D eigenvalue weighted by atomic mass is 10.1. The highest BCUT2D eigenvalue weighted by molar-refractivity contribution is 5.93. The van der Waals surface area contributed by atoms with Gasteiger partial charge in [0, 0.05) is 19.6 Å². The Kier molecular flexibility index (Phi) is 6.70. The van der Waals surface area contributed by atoms with E-state index in [1.165, 1.54) is 23.8 Å². The first kappa shape index (κ1) is 20.4. The summed E-state index contributed by atoms with van der Waals surface area (Å²) in [6.07, 6.45) is -3.58. The molecule has 1 N–H and O–H groups in total. The molecule has 1 heterocycles. The van der Waals surface area contributed by atoms with Crippen LogP contribution in [0.1, 0.15) is 17.5 Å². The number of rotatable bonds is 5. The summed E-state index contributed by atoms with van der Waals surface area (Å²) >= 11 is 0. The maximum absolute atomic E-state index is 13.1. The maximum atomic E-state index is 13.1. The Balaban J connectivity index is 1.53. The molecule has 1 aliphatic rings. The highest BCUT2D eigenvalue weighted by Gasteiger charge is 2.33. The molecule has 28 heavy (non-hydrogen) atoms. The summed E-state index contributed by atoms with van der Waals surface area (Å²) in [6.45, 7) is 4.16. The first-order valence-corrected chi connectivity index (χ1v) is 9.36. The van der Waals surface area contributed by atoms with Gasteiger partial charge in [0.05, 0.1) is 17.8 Å². The third kappa shape index (κ3) is 5.81. The van der Waals surface area contributed by atoms with E-state index in [1.807, 2.05) is 23.1 Å². The first-order valence-electron chi connectivity index (χ1n) is 9.36. The van der Waals surface area contributed by atoms with Crippen LogP contribution in [0.2, 0.25) is 0 Å². The topological polar surface area (TPSA) is 35.6 Å². The lowest BCUT2D eigenvalue weighted by molar-refractivity contribution is -0.137. The van der Waals surface area contributed by atoms with Gasteiger partial charge in [-0.05, 0) is 37.2 Å². The molecule has 4 nitrogen and oxygen atoms in total. The Hall–Kier alpha value is -2.38. The van der Waals surface area contributed by atoms with Gasteiger partial charge < -0.3 is 5.32 Å². The van der Waals surface area contributed by atoms with Crippen molar-refractivity contribution in [1.82, 2.24) is 9.80 Å². The molecule has 0 unspecified atom stereocenters. The first-order chi connectivity index (χ1) is 13.4. The minimum atomic E-state index is -4.50. The van der Waals surface area contributed by atoms with Crippen LogP contribution in [-0.2, 0) is 17.5 Å². The fourth-order valence-electron chi connectivity index (χ4n) is 3.41. The van der Waals surface area contributed by atoms with E-state index in [-0.39, 0.29) is 12.2 Å². The van der Waals surface area contributed by atoms with Crippen LogP contribution in [0.3, 0.4) is 0 Å². The normalized spacial score (nSPS) is 16.5. The van der Waals surface area contributed by atoms with Gasteiger partial charge >= 0.3 is 6.18 Å². The van der Waals surface area contributed by atoms with Crippen LogP contribution in [-0.4, -0.2) is 48.4 Å². The van der Waals surface area contributed by atoms with Crippen LogP contribution in [0, 0.1) is 0 Å². The molecule has 0 aliphatic carbocycles. The van der Waals surface area contributed by atoms with Crippen molar-refractivity contribution < 1.29 is 18.0 Å². The molecule has 2 aromatic carbocycles. The highest BCUT2D eigenvalue weighted by Crippen LogP contribution is 2.34. The van der Waals surface area contributed by atoms with Crippen molar-refractivity contribution in [1.29, 1.82) is 0 Å². The lowest BCUT2D eigenvalue weighted by Gasteiger charge is -2.22. The lowest BCUT2D eigenvalue weighted by Crippen LogP contribution is -2.36. The van der Waals surface area contributed by atoms with Crippen LogP contribution in [0.15, 0.2) is 54.6 Å². The zero-order valence-electron chi connectivity index (χ0n) is 15.6. The maximum Gasteiger partial charge on any atom is 0.418 e. The Labute approximate surface area is 162 Å². The zero-order chi connectivity index (χ0) is 20.0. The molecule has 1 fully saturated rings. The highest BCUT2D eigenvalue weighted by atomic mass is 19.4. The van der Waals surface area contributed by atoms with Crippen molar-refractivity contribution in [3.63, 3.8) is 0 Å². The summed E-state index contributed by atoms with van der Waals surface area (Å²) in [7, 11) is 0. The minimum absolute atomic E-state index is 0.0887. The predicted octanol–water partition coefficient (Wildman–Crippen LogP) is 3.85. The van der Waals surface area contributed by atoms with E-state index in [1.54, 1.807) is 0 Å². The van der Waals surface area contributed by atoms with Crippen molar-refractivity contribution in [2.24, 2.45) is 0 Å². The number of amides is 1. The summed E-state index contributed by atoms with van der Waals surface area (Å²) in [5, 5.41) is 2.42. The summed E-state index contributed by atoms with van der Waals surface area (Å²) in [6, 6.07) is 15.3. The molecule has 1 amide bonds. The number of nitrogens with one attached hydrogen (secondary N) is 1. The number of halogens is 3. The average Bonchev–Trinajstić information content (AvgIpc) is 2.87. The van der Waals surface area contributed by atoms with Crippen molar-refractivity contribution in [3.8, 4) is 0 Å².